The van der Waals surface area contributed by atoms with E-state index in [9.17, 15) is 4.79 Å². The molecule has 0 aliphatic rings. The van der Waals surface area contributed by atoms with Crippen molar-refractivity contribution >= 4 is 5.97 Å². The molecular formula is C13H21NO3. The van der Waals surface area contributed by atoms with Crippen molar-refractivity contribution in [1.29, 1.82) is 0 Å². The second-order valence-electron chi connectivity index (χ2n) is 3.99. The van der Waals surface area contributed by atoms with Crippen molar-refractivity contribution in [3.05, 3.63) is 24.2 Å². The van der Waals surface area contributed by atoms with Crippen molar-refractivity contribution < 1.29 is 13.9 Å². The third-order valence-corrected chi connectivity index (χ3v) is 2.59. The minimum atomic E-state index is -0.397. The quantitative estimate of drug-likeness (QED) is 0.559. The minimum Gasteiger partial charge on any atom is -0.458 e. The summed E-state index contributed by atoms with van der Waals surface area (Å²) in [5.74, 6) is -0.140. The van der Waals surface area contributed by atoms with Gasteiger partial charge in [0.25, 0.3) is 0 Å². The van der Waals surface area contributed by atoms with E-state index in [1.165, 1.54) is 6.26 Å². The van der Waals surface area contributed by atoms with Gasteiger partial charge in [-0.05, 0) is 31.5 Å². The highest BCUT2D eigenvalue weighted by Gasteiger charge is 2.13. The summed E-state index contributed by atoms with van der Waals surface area (Å²) in [4.78, 5) is 11.5. The number of esters is 1. The standard InChI is InChI=1S/C13H21NO3/c1-3-5-8-14-11(4-2)10-17-13(15)12-7-6-9-16-12/h6-7,9,11,14H,3-5,8,10H2,1-2H3. The average Bonchev–Trinajstić information content (AvgIpc) is 2.87. The molecule has 1 N–H and O–H groups in total. The monoisotopic (exact) mass is 239 g/mol. The summed E-state index contributed by atoms with van der Waals surface area (Å²) >= 11 is 0. The lowest BCUT2D eigenvalue weighted by atomic mass is 10.2. The predicted molar refractivity (Wildman–Crippen MR) is 66.0 cm³/mol. The zero-order valence-corrected chi connectivity index (χ0v) is 10.6. The molecule has 0 amide bonds. The smallest absolute Gasteiger partial charge is 0.374 e. The van der Waals surface area contributed by atoms with E-state index in [4.69, 9.17) is 9.15 Å². The lowest BCUT2D eigenvalue weighted by Gasteiger charge is -2.16. The Bertz CT molecular complexity index is 308. The van der Waals surface area contributed by atoms with Gasteiger partial charge < -0.3 is 14.5 Å². The largest absolute Gasteiger partial charge is 0.458 e. The molecule has 4 nitrogen and oxygen atoms in total. The van der Waals surface area contributed by atoms with Gasteiger partial charge in [-0.2, -0.15) is 0 Å². The van der Waals surface area contributed by atoms with Crippen LogP contribution in [0.15, 0.2) is 22.8 Å². The van der Waals surface area contributed by atoms with Gasteiger partial charge in [0.05, 0.1) is 6.26 Å². The molecule has 0 spiro atoms. The molecule has 0 saturated carbocycles. The Balaban J connectivity index is 2.25. The van der Waals surface area contributed by atoms with Crippen LogP contribution >= 0.6 is 0 Å². The highest BCUT2D eigenvalue weighted by molar-refractivity contribution is 5.86. The van der Waals surface area contributed by atoms with E-state index in [1.807, 2.05) is 0 Å². The van der Waals surface area contributed by atoms with E-state index >= 15 is 0 Å². The first-order valence-electron chi connectivity index (χ1n) is 6.22. The number of nitrogens with one attached hydrogen (secondary N) is 1. The van der Waals surface area contributed by atoms with Crippen LogP contribution in [0.4, 0.5) is 0 Å². The molecule has 0 bridgehead atoms. The van der Waals surface area contributed by atoms with E-state index in [-0.39, 0.29) is 11.8 Å². The molecule has 0 fully saturated rings. The first kappa shape index (κ1) is 13.8. The molecule has 4 heteroatoms. The molecule has 1 aromatic heterocycles. The number of furan rings is 1. The number of unbranched alkanes of at least 4 members (excludes halogenated alkanes) is 1. The number of carbonyl (C=O) groups is 1. The number of ether oxygens (including phenoxy) is 1. The van der Waals surface area contributed by atoms with Crippen molar-refractivity contribution in [2.24, 2.45) is 0 Å². The van der Waals surface area contributed by atoms with Crippen LogP contribution in [0, 0.1) is 0 Å². The van der Waals surface area contributed by atoms with E-state index in [1.54, 1.807) is 12.1 Å². The Morgan fingerprint density at radius 2 is 2.35 bits per heavy atom. The molecule has 1 aromatic rings. The molecule has 0 aliphatic carbocycles. The number of rotatable bonds is 8. The molecule has 1 atom stereocenters. The van der Waals surface area contributed by atoms with E-state index < -0.39 is 5.97 Å². The molecule has 1 rings (SSSR count). The van der Waals surface area contributed by atoms with Gasteiger partial charge in [-0.3, -0.25) is 0 Å². The summed E-state index contributed by atoms with van der Waals surface area (Å²) < 4.78 is 10.1. The topological polar surface area (TPSA) is 51.5 Å². The highest BCUT2D eigenvalue weighted by Crippen LogP contribution is 2.03. The normalized spacial score (nSPS) is 12.4. The van der Waals surface area contributed by atoms with Gasteiger partial charge in [0.1, 0.15) is 6.61 Å². The maximum Gasteiger partial charge on any atom is 0.374 e. The third kappa shape index (κ3) is 5.04. The SMILES string of the molecule is CCCCNC(CC)COC(=O)c1ccco1. The summed E-state index contributed by atoms with van der Waals surface area (Å²) in [5, 5.41) is 3.36. The number of hydrogen-bond acceptors (Lipinski definition) is 4. The maximum absolute atomic E-state index is 11.5. The molecule has 17 heavy (non-hydrogen) atoms. The lowest BCUT2D eigenvalue weighted by molar-refractivity contribution is 0.0427. The fourth-order valence-corrected chi connectivity index (χ4v) is 1.45. The van der Waals surface area contributed by atoms with Gasteiger partial charge in [0.2, 0.25) is 5.76 Å². The van der Waals surface area contributed by atoms with Crippen molar-refractivity contribution in [2.45, 2.75) is 39.2 Å². The number of carbonyl (C=O) groups excluding carboxylic acids is 1. The van der Waals surface area contributed by atoms with Crippen molar-refractivity contribution in [1.82, 2.24) is 5.32 Å². The second kappa shape index (κ2) is 7.90. The summed E-state index contributed by atoms with van der Waals surface area (Å²) in [6.45, 7) is 5.58. The third-order valence-electron chi connectivity index (χ3n) is 2.59. The number of hydrogen-bond donors (Lipinski definition) is 1. The summed E-state index contributed by atoms with van der Waals surface area (Å²) in [6.07, 6.45) is 4.71. The van der Waals surface area contributed by atoms with Crippen LogP contribution in [0.3, 0.4) is 0 Å². The zero-order valence-electron chi connectivity index (χ0n) is 10.6. The van der Waals surface area contributed by atoms with E-state index in [2.05, 4.69) is 19.2 Å². The average molecular weight is 239 g/mol. The summed E-state index contributed by atoms with van der Waals surface area (Å²) in [6, 6.07) is 3.50. The first-order valence-corrected chi connectivity index (χ1v) is 6.22. The van der Waals surface area contributed by atoms with Crippen molar-refractivity contribution in [3.63, 3.8) is 0 Å². The Hall–Kier alpha value is -1.29. The van der Waals surface area contributed by atoms with Crippen LogP contribution in [-0.2, 0) is 4.74 Å². The Morgan fingerprint density at radius 1 is 1.53 bits per heavy atom. The zero-order chi connectivity index (χ0) is 12.5. The molecule has 0 radical (unpaired) electrons. The van der Waals surface area contributed by atoms with E-state index in [0.717, 1.165) is 25.8 Å². The second-order valence-corrected chi connectivity index (χ2v) is 3.99. The van der Waals surface area contributed by atoms with Gasteiger partial charge in [0.15, 0.2) is 0 Å². The van der Waals surface area contributed by atoms with Gasteiger partial charge in [-0.25, -0.2) is 4.79 Å². The lowest BCUT2D eigenvalue weighted by Crippen LogP contribution is -2.34. The van der Waals surface area contributed by atoms with Gasteiger partial charge >= 0.3 is 5.97 Å². The fourth-order valence-electron chi connectivity index (χ4n) is 1.45. The Labute approximate surface area is 102 Å². The van der Waals surface area contributed by atoms with Gasteiger partial charge in [-0.1, -0.05) is 20.3 Å². The predicted octanol–water partition coefficient (Wildman–Crippen LogP) is 2.60. The highest BCUT2D eigenvalue weighted by atomic mass is 16.5. The van der Waals surface area contributed by atoms with E-state index in [0.29, 0.717) is 6.61 Å². The maximum atomic E-state index is 11.5. The van der Waals surface area contributed by atoms with Crippen LogP contribution < -0.4 is 5.32 Å². The summed E-state index contributed by atoms with van der Waals surface area (Å²) in [7, 11) is 0. The Morgan fingerprint density at radius 3 is 2.94 bits per heavy atom. The molecule has 0 aliphatic heterocycles. The van der Waals surface area contributed by atoms with Crippen LogP contribution in [0.25, 0.3) is 0 Å². The fraction of sp³-hybridized carbons (Fsp3) is 0.615. The first-order chi connectivity index (χ1) is 8.27. The molecular weight excluding hydrogens is 218 g/mol. The van der Waals surface area contributed by atoms with Crippen LogP contribution in [0.5, 0.6) is 0 Å². The Kier molecular flexibility index (Phi) is 6.40. The van der Waals surface area contributed by atoms with Gasteiger partial charge in [-0.15, -0.1) is 0 Å². The molecule has 1 heterocycles. The van der Waals surface area contributed by atoms with Crippen LogP contribution in [-0.4, -0.2) is 25.2 Å². The molecule has 0 saturated heterocycles. The van der Waals surface area contributed by atoms with Gasteiger partial charge in [0, 0.05) is 6.04 Å². The molecule has 96 valence electrons. The molecule has 1 unspecified atom stereocenters. The minimum absolute atomic E-state index is 0.223. The molecule has 0 aromatic carbocycles. The summed E-state index contributed by atoms with van der Waals surface area (Å²) in [5.41, 5.74) is 0. The van der Waals surface area contributed by atoms with Crippen LogP contribution in [0.2, 0.25) is 0 Å². The van der Waals surface area contributed by atoms with Crippen LogP contribution in [0.1, 0.15) is 43.7 Å². The van der Waals surface area contributed by atoms with Crippen molar-refractivity contribution in [3.8, 4) is 0 Å². The van der Waals surface area contributed by atoms with Crippen molar-refractivity contribution in [2.75, 3.05) is 13.2 Å².